The maximum absolute atomic E-state index is 3.83. The Labute approximate surface area is 87.5 Å². The minimum absolute atomic E-state index is 0.602. The number of rotatable bonds is 0. The van der Waals surface area contributed by atoms with E-state index in [1.807, 2.05) is 0 Å². The second-order valence-corrected chi connectivity index (χ2v) is 3.37. The van der Waals surface area contributed by atoms with E-state index in [0.717, 1.165) is 0 Å². The molecule has 1 aliphatic rings. The summed E-state index contributed by atoms with van der Waals surface area (Å²) in [6.07, 6.45) is 7.25. The minimum atomic E-state index is 0.602. The molecule has 0 aromatic carbocycles. The molecule has 1 aliphatic heterocycles. The summed E-state index contributed by atoms with van der Waals surface area (Å²) in [5.74, 6) is 0. The highest BCUT2D eigenvalue weighted by atomic mass is 15.3. The second-order valence-electron chi connectivity index (χ2n) is 3.37. The van der Waals surface area contributed by atoms with Gasteiger partial charge < -0.3 is 5.32 Å². The van der Waals surface area contributed by atoms with Crippen LogP contribution in [0.5, 0.6) is 0 Å². The summed E-state index contributed by atoms with van der Waals surface area (Å²) < 4.78 is 0. The predicted octanol–water partition coefficient (Wildman–Crippen LogP) is 0.508. The first-order valence-corrected chi connectivity index (χ1v) is 5.14. The SMILES string of the molecule is C1CCNCC1.c1ncc2n[nH]nc2n1. The van der Waals surface area contributed by atoms with Gasteiger partial charge in [0.2, 0.25) is 5.65 Å². The van der Waals surface area contributed by atoms with E-state index in [4.69, 9.17) is 0 Å². The maximum atomic E-state index is 3.83. The Morgan fingerprint density at radius 2 is 1.93 bits per heavy atom. The van der Waals surface area contributed by atoms with Gasteiger partial charge in [-0.25, -0.2) is 9.97 Å². The van der Waals surface area contributed by atoms with Crippen LogP contribution in [-0.4, -0.2) is 38.5 Å². The fourth-order valence-electron chi connectivity index (χ4n) is 1.41. The second kappa shape index (κ2) is 5.35. The number of aromatic nitrogens is 5. The summed E-state index contributed by atoms with van der Waals surface area (Å²) in [5, 5.41) is 13.2. The van der Waals surface area contributed by atoms with E-state index in [2.05, 4.69) is 30.7 Å². The van der Waals surface area contributed by atoms with Crippen LogP contribution in [0.2, 0.25) is 0 Å². The standard InChI is InChI=1S/C5H11N.C4H3N5/c1-2-4-6-5-3-1;1-3-4(6-2-5-1)8-9-7-3/h6H,1-5H2;1-2H,(H,5,6,7,8,9). The molecule has 0 bridgehead atoms. The molecule has 3 rings (SSSR count). The Morgan fingerprint density at radius 1 is 1.07 bits per heavy atom. The van der Waals surface area contributed by atoms with Crippen LogP contribution < -0.4 is 5.32 Å². The summed E-state index contributed by atoms with van der Waals surface area (Å²) in [4.78, 5) is 7.58. The lowest BCUT2D eigenvalue weighted by molar-refractivity contribution is 0.520. The summed E-state index contributed by atoms with van der Waals surface area (Å²) in [6, 6.07) is 0. The Balaban J connectivity index is 0.000000124. The molecule has 6 heteroatoms. The third kappa shape index (κ3) is 2.95. The molecule has 0 saturated carbocycles. The lowest BCUT2D eigenvalue weighted by Crippen LogP contribution is -2.21. The number of fused-ring (bicyclic) bond motifs is 1. The van der Waals surface area contributed by atoms with Crippen LogP contribution in [-0.2, 0) is 0 Å². The quantitative estimate of drug-likeness (QED) is 0.656. The van der Waals surface area contributed by atoms with Gasteiger partial charge in [0.05, 0.1) is 6.20 Å². The number of H-pyrrole nitrogens is 1. The number of piperidine rings is 1. The molecule has 0 aliphatic carbocycles. The third-order valence-electron chi connectivity index (χ3n) is 2.21. The molecule has 2 aromatic heterocycles. The van der Waals surface area contributed by atoms with Gasteiger partial charge in [-0.1, -0.05) is 6.42 Å². The van der Waals surface area contributed by atoms with Crippen LogP contribution >= 0.6 is 0 Å². The van der Waals surface area contributed by atoms with Crippen LogP contribution in [0.4, 0.5) is 0 Å². The molecular formula is C9H14N6. The van der Waals surface area contributed by atoms with Gasteiger partial charge in [-0.2, -0.15) is 10.3 Å². The smallest absolute Gasteiger partial charge is 0.204 e. The van der Waals surface area contributed by atoms with Crippen LogP contribution in [0.25, 0.3) is 11.2 Å². The maximum Gasteiger partial charge on any atom is 0.204 e. The van der Waals surface area contributed by atoms with E-state index in [-0.39, 0.29) is 0 Å². The first-order valence-electron chi connectivity index (χ1n) is 5.14. The highest BCUT2D eigenvalue weighted by Gasteiger charge is 1.94. The van der Waals surface area contributed by atoms with Crippen molar-refractivity contribution in [3.63, 3.8) is 0 Å². The number of nitrogens with zero attached hydrogens (tertiary/aromatic N) is 4. The number of nitrogens with one attached hydrogen (secondary N) is 2. The Morgan fingerprint density at radius 3 is 2.53 bits per heavy atom. The molecule has 80 valence electrons. The molecule has 2 aromatic rings. The average Bonchev–Trinajstić information content (AvgIpc) is 2.80. The molecule has 0 radical (unpaired) electrons. The zero-order valence-electron chi connectivity index (χ0n) is 8.48. The number of hydrogen-bond acceptors (Lipinski definition) is 5. The van der Waals surface area contributed by atoms with Gasteiger partial charge in [0.15, 0.2) is 0 Å². The molecule has 1 saturated heterocycles. The predicted molar refractivity (Wildman–Crippen MR) is 56.2 cm³/mol. The molecule has 6 nitrogen and oxygen atoms in total. The Bertz CT molecular complexity index is 352. The van der Waals surface area contributed by atoms with Crippen molar-refractivity contribution in [3.8, 4) is 0 Å². The monoisotopic (exact) mass is 206 g/mol. The largest absolute Gasteiger partial charge is 0.317 e. The fourth-order valence-corrected chi connectivity index (χ4v) is 1.41. The molecule has 0 atom stereocenters. The summed E-state index contributed by atoms with van der Waals surface area (Å²) in [5.41, 5.74) is 1.29. The zero-order chi connectivity index (χ0) is 10.3. The van der Waals surface area contributed by atoms with E-state index in [0.29, 0.717) is 11.2 Å². The zero-order valence-corrected chi connectivity index (χ0v) is 8.48. The van der Waals surface area contributed by atoms with Crippen molar-refractivity contribution < 1.29 is 0 Å². The Kier molecular flexibility index (Phi) is 3.56. The number of hydrogen-bond donors (Lipinski definition) is 2. The van der Waals surface area contributed by atoms with E-state index in [9.17, 15) is 0 Å². The molecule has 1 fully saturated rings. The molecular weight excluding hydrogens is 192 g/mol. The Hall–Kier alpha value is -1.56. The van der Waals surface area contributed by atoms with Crippen molar-refractivity contribution in [2.24, 2.45) is 0 Å². The van der Waals surface area contributed by atoms with E-state index >= 15 is 0 Å². The van der Waals surface area contributed by atoms with Crippen molar-refractivity contribution in [3.05, 3.63) is 12.5 Å². The number of aromatic amines is 1. The van der Waals surface area contributed by atoms with Crippen LogP contribution in [0, 0.1) is 0 Å². The van der Waals surface area contributed by atoms with E-state index in [1.165, 1.54) is 38.7 Å². The third-order valence-corrected chi connectivity index (χ3v) is 2.21. The summed E-state index contributed by atoms with van der Waals surface area (Å²) in [6.45, 7) is 2.50. The van der Waals surface area contributed by atoms with Crippen LogP contribution in [0.1, 0.15) is 19.3 Å². The van der Waals surface area contributed by atoms with Crippen LogP contribution in [0.3, 0.4) is 0 Å². The topological polar surface area (TPSA) is 79.4 Å². The normalized spacial score (nSPS) is 15.7. The van der Waals surface area contributed by atoms with Gasteiger partial charge in [0, 0.05) is 0 Å². The van der Waals surface area contributed by atoms with Gasteiger partial charge in [0.25, 0.3) is 0 Å². The average molecular weight is 206 g/mol. The van der Waals surface area contributed by atoms with Gasteiger partial charge in [-0.05, 0) is 25.9 Å². The molecule has 0 unspecified atom stereocenters. The molecule has 2 N–H and O–H groups in total. The van der Waals surface area contributed by atoms with Gasteiger partial charge >= 0.3 is 0 Å². The minimum Gasteiger partial charge on any atom is -0.317 e. The first-order chi connectivity index (χ1) is 7.47. The molecule has 15 heavy (non-hydrogen) atoms. The molecule has 3 heterocycles. The van der Waals surface area contributed by atoms with Crippen LogP contribution in [0.15, 0.2) is 12.5 Å². The van der Waals surface area contributed by atoms with E-state index < -0.39 is 0 Å². The lowest BCUT2D eigenvalue weighted by atomic mass is 10.2. The van der Waals surface area contributed by atoms with Gasteiger partial charge in [0.1, 0.15) is 11.8 Å². The summed E-state index contributed by atoms with van der Waals surface area (Å²) >= 11 is 0. The highest BCUT2D eigenvalue weighted by Crippen LogP contribution is 1.97. The first kappa shape index (κ1) is 9.97. The molecule has 0 amide bonds. The van der Waals surface area contributed by atoms with Crippen molar-refractivity contribution in [1.29, 1.82) is 0 Å². The van der Waals surface area contributed by atoms with Gasteiger partial charge in [-0.15, -0.1) is 5.10 Å². The lowest BCUT2D eigenvalue weighted by Gasteiger charge is -2.08. The highest BCUT2D eigenvalue weighted by molar-refractivity contribution is 5.66. The van der Waals surface area contributed by atoms with Gasteiger partial charge in [-0.3, -0.25) is 0 Å². The van der Waals surface area contributed by atoms with Crippen molar-refractivity contribution in [2.45, 2.75) is 19.3 Å². The van der Waals surface area contributed by atoms with E-state index in [1.54, 1.807) is 6.20 Å². The summed E-state index contributed by atoms with van der Waals surface area (Å²) in [7, 11) is 0. The molecule has 0 spiro atoms. The fraction of sp³-hybridized carbons (Fsp3) is 0.556. The van der Waals surface area contributed by atoms with Crippen molar-refractivity contribution in [1.82, 2.24) is 30.7 Å². The van der Waals surface area contributed by atoms with Crippen molar-refractivity contribution >= 4 is 11.2 Å². The van der Waals surface area contributed by atoms with Crippen molar-refractivity contribution in [2.75, 3.05) is 13.1 Å².